The Bertz CT molecular complexity index is 906. The molecule has 4 nitrogen and oxygen atoms in total. The Hall–Kier alpha value is -2.35. The van der Waals surface area contributed by atoms with Crippen LogP contribution in [0.15, 0.2) is 47.4 Å². The van der Waals surface area contributed by atoms with E-state index in [4.69, 9.17) is 0 Å². The zero-order chi connectivity index (χ0) is 18.8. The van der Waals surface area contributed by atoms with Gasteiger partial charge in [-0.1, -0.05) is 18.2 Å². The van der Waals surface area contributed by atoms with E-state index in [1.165, 1.54) is 30.3 Å². The fraction of sp³-hybridized carbons (Fsp3) is 0.235. The second-order valence-corrected chi connectivity index (χ2v) is 7.69. The van der Waals surface area contributed by atoms with Gasteiger partial charge in [-0.15, -0.1) is 0 Å². The zero-order valence-corrected chi connectivity index (χ0v) is 14.3. The summed E-state index contributed by atoms with van der Waals surface area (Å²) in [5, 5.41) is 2.58. The summed E-state index contributed by atoms with van der Waals surface area (Å²) in [5.41, 5.74) is 0.369. The summed E-state index contributed by atoms with van der Waals surface area (Å²) in [6.45, 7) is 1.63. The zero-order valence-electron chi connectivity index (χ0n) is 13.5. The molecule has 0 bridgehead atoms. The number of nitrogens with one attached hydrogen (secondary N) is 1. The Morgan fingerprint density at radius 3 is 2.36 bits per heavy atom. The lowest BCUT2D eigenvalue weighted by molar-refractivity contribution is -0.137. The number of carbonyl (C=O) groups is 1. The third-order valence-corrected chi connectivity index (χ3v) is 4.63. The average molecular weight is 371 g/mol. The van der Waals surface area contributed by atoms with Gasteiger partial charge in [0.25, 0.3) is 0 Å². The van der Waals surface area contributed by atoms with E-state index in [2.05, 4.69) is 5.32 Å². The van der Waals surface area contributed by atoms with Crippen molar-refractivity contribution in [2.75, 3.05) is 11.6 Å². The van der Waals surface area contributed by atoms with Crippen LogP contribution in [-0.2, 0) is 27.2 Å². The predicted octanol–water partition coefficient (Wildman–Crippen LogP) is 3.60. The highest BCUT2D eigenvalue weighted by molar-refractivity contribution is 7.90. The van der Waals surface area contributed by atoms with Gasteiger partial charge in [-0.2, -0.15) is 13.2 Å². The van der Waals surface area contributed by atoms with Crippen molar-refractivity contribution in [1.29, 1.82) is 0 Å². The number of carbonyl (C=O) groups excluding carboxylic acids is 1. The number of hydrogen-bond acceptors (Lipinski definition) is 3. The summed E-state index contributed by atoms with van der Waals surface area (Å²) in [6.07, 6.45) is -3.62. The molecule has 134 valence electrons. The molecule has 0 unspecified atom stereocenters. The monoisotopic (exact) mass is 371 g/mol. The van der Waals surface area contributed by atoms with Crippen molar-refractivity contribution in [2.24, 2.45) is 0 Å². The van der Waals surface area contributed by atoms with Gasteiger partial charge in [0.05, 0.1) is 16.9 Å². The Kier molecular flexibility index (Phi) is 5.22. The molecule has 8 heteroatoms. The number of alkyl halides is 3. The van der Waals surface area contributed by atoms with Crippen LogP contribution in [0, 0.1) is 6.92 Å². The van der Waals surface area contributed by atoms with E-state index in [1.54, 1.807) is 6.92 Å². The standard InChI is InChI=1S/C17H16F3NO3S/c1-11-8-14(25(2,23)24)6-7-15(11)21-16(22)10-12-4-3-5-13(9-12)17(18,19)20/h3-9H,10H2,1-2H3,(H,21,22). The first-order valence-corrected chi connectivity index (χ1v) is 9.12. The molecule has 0 saturated heterocycles. The maximum Gasteiger partial charge on any atom is 0.416 e. The highest BCUT2D eigenvalue weighted by atomic mass is 32.2. The molecule has 0 aliphatic heterocycles. The SMILES string of the molecule is Cc1cc(S(C)(=O)=O)ccc1NC(=O)Cc1cccc(C(F)(F)F)c1. The lowest BCUT2D eigenvalue weighted by atomic mass is 10.1. The Balaban J connectivity index is 2.13. The molecule has 0 aromatic heterocycles. The van der Waals surface area contributed by atoms with Gasteiger partial charge in [0, 0.05) is 11.9 Å². The summed E-state index contributed by atoms with van der Waals surface area (Å²) in [6, 6.07) is 8.80. The van der Waals surface area contributed by atoms with Crippen LogP contribution in [0.1, 0.15) is 16.7 Å². The lowest BCUT2D eigenvalue weighted by Crippen LogP contribution is -2.16. The van der Waals surface area contributed by atoms with Gasteiger partial charge in [-0.05, 0) is 42.3 Å². The van der Waals surface area contributed by atoms with Crippen LogP contribution >= 0.6 is 0 Å². The van der Waals surface area contributed by atoms with Gasteiger partial charge in [-0.25, -0.2) is 8.42 Å². The van der Waals surface area contributed by atoms with Crippen molar-refractivity contribution in [3.8, 4) is 0 Å². The number of anilines is 1. The first kappa shape index (κ1) is 19.0. The molecule has 0 spiro atoms. The maximum absolute atomic E-state index is 12.7. The van der Waals surface area contributed by atoms with Crippen LogP contribution in [0.3, 0.4) is 0 Å². The van der Waals surface area contributed by atoms with Gasteiger partial charge in [0.15, 0.2) is 9.84 Å². The van der Waals surface area contributed by atoms with Gasteiger partial charge < -0.3 is 5.32 Å². The highest BCUT2D eigenvalue weighted by Gasteiger charge is 2.30. The van der Waals surface area contributed by atoms with Gasteiger partial charge >= 0.3 is 6.18 Å². The summed E-state index contributed by atoms with van der Waals surface area (Å²) in [7, 11) is -3.36. The normalized spacial score (nSPS) is 12.0. The first-order chi connectivity index (χ1) is 11.5. The van der Waals surface area contributed by atoms with Crippen molar-refractivity contribution in [3.63, 3.8) is 0 Å². The quantitative estimate of drug-likeness (QED) is 0.893. The first-order valence-electron chi connectivity index (χ1n) is 7.23. The van der Waals surface area contributed by atoms with Crippen LogP contribution < -0.4 is 5.32 Å². The van der Waals surface area contributed by atoms with Gasteiger partial charge in [-0.3, -0.25) is 4.79 Å². The molecule has 1 amide bonds. The minimum Gasteiger partial charge on any atom is -0.326 e. The number of halogens is 3. The van der Waals surface area contributed by atoms with Crippen LogP contribution in [0.25, 0.3) is 0 Å². The number of sulfone groups is 1. The van der Waals surface area contributed by atoms with Crippen LogP contribution in [0.5, 0.6) is 0 Å². The molecule has 1 N–H and O–H groups in total. The minimum absolute atomic E-state index is 0.126. The van der Waals surface area contributed by atoms with E-state index in [-0.39, 0.29) is 16.9 Å². The fourth-order valence-electron chi connectivity index (χ4n) is 2.24. The molecule has 2 rings (SSSR count). The number of rotatable bonds is 4. The van der Waals surface area contributed by atoms with E-state index in [9.17, 15) is 26.4 Å². The molecular formula is C17H16F3NO3S. The summed E-state index contributed by atoms with van der Waals surface area (Å²) >= 11 is 0. The third-order valence-electron chi connectivity index (χ3n) is 3.52. The fourth-order valence-corrected chi connectivity index (χ4v) is 2.95. The molecule has 0 aliphatic carbocycles. The van der Waals surface area contributed by atoms with Crippen LogP contribution in [-0.4, -0.2) is 20.6 Å². The second kappa shape index (κ2) is 6.87. The Morgan fingerprint density at radius 1 is 1.12 bits per heavy atom. The number of amides is 1. The molecule has 2 aromatic carbocycles. The topological polar surface area (TPSA) is 63.2 Å². The predicted molar refractivity (Wildman–Crippen MR) is 88.1 cm³/mol. The third kappa shape index (κ3) is 5.06. The van der Waals surface area contributed by atoms with Gasteiger partial charge in [0.1, 0.15) is 0 Å². The minimum atomic E-state index is -4.47. The van der Waals surface area contributed by atoms with Crippen molar-refractivity contribution >= 4 is 21.4 Å². The van der Waals surface area contributed by atoms with E-state index in [0.717, 1.165) is 18.4 Å². The van der Waals surface area contributed by atoms with E-state index in [0.29, 0.717) is 11.3 Å². The van der Waals surface area contributed by atoms with E-state index in [1.807, 2.05) is 0 Å². The molecule has 0 atom stereocenters. The lowest BCUT2D eigenvalue weighted by Gasteiger charge is -2.11. The van der Waals surface area contributed by atoms with Gasteiger partial charge in [0.2, 0.25) is 5.91 Å². The summed E-state index contributed by atoms with van der Waals surface area (Å²) in [4.78, 5) is 12.2. The van der Waals surface area contributed by atoms with Crippen molar-refractivity contribution < 1.29 is 26.4 Å². The molecule has 2 aromatic rings. The van der Waals surface area contributed by atoms with E-state index < -0.39 is 27.5 Å². The maximum atomic E-state index is 12.7. The Morgan fingerprint density at radius 2 is 1.80 bits per heavy atom. The van der Waals surface area contributed by atoms with Crippen molar-refractivity contribution in [1.82, 2.24) is 0 Å². The molecular weight excluding hydrogens is 355 g/mol. The largest absolute Gasteiger partial charge is 0.416 e. The smallest absolute Gasteiger partial charge is 0.326 e. The van der Waals surface area contributed by atoms with Crippen LogP contribution in [0.4, 0.5) is 18.9 Å². The molecule has 25 heavy (non-hydrogen) atoms. The molecule has 0 fully saturated rings. The number of benzene rings is 2. The van der Waals surface area contributed by atoms with E-state index >= 15 is 0 Å². The molecule has 0 saturated carbocycles. The number of hydrogen-bond donors (Lipinski definition) is 1. The molecule has 0 heterocycles. The number of aryl methyl sites for hydroxylation is 1. The highest BCUT2D eigenvalue weighted by Crippen LogP contribution is 2.29. The average Bonchev–Trinajstić information content (AvgIpc) is 2.47. The van der Waals surface area contributed by atoms with Crippen LogP contribution in [0.2, 0.25) is 0 Å². The summed E-state index contributed by atoms with van der Waals surface area (Å²) < 4.78 is 61.1. The van der Waals surface area contributed by atoms with Crippen molar-refractivity contribution in [2.45, 2.75) is 24.4 Å². The molecule has 0 radical (unpaired) electrons. The summed E-state index contributed by atoms with van der Waals surface area (Å²) in [5.74, 6) is -0.491. The molecule has 0 aliphatic rings. The Labute approximate surface area is 143 Å². The van der Waals surface area contributed by atoms with Crippen molar-refractivity contribution in [3.05, 3.63) is 59.2 Å². The second-order valence-electron chi connectivity index (χ2n) is 5.67.